The summed E-state index contributed by atoms with van der Waals surface area (Å²) in [5, 5.41) is 7.25. The van der Waals surface area contributed by atoms with Crippen LogP contribution in [0.4, 0.5) is 0 Å². The Kier molecular flexibility index (Phi) is 5.49. The Hall–Kier alpha value is -1.55. The topological polar surface area (TPSA) is 68.3 Å². The fourth-order valence-corrected chi connectivity index (χ4v) is 1.54. The van der Waals surface area contributed by atoms with Crippen molar-refractivity contribution in [1.82, 2.24) is 0 Å². The van der Waals surface area contributed by atoms with Crippen molar-refractivity contribution in [3.8, 4) is 5.75 Å². The minimum atomic E-state index is 0.0127. The highest BCUT2D eigenvalue weighted by molar-refractivity contribution is 5.77. The van der Waals surface area contributed by atoms with Crippen LogP contribution in [0.15, 0.2) is 24.3 Å². The Morgan fingerprint density at radius 3 is 2.82 bits per heavy atom. The average Bonchev–Trinajstić information content (AvgIpc) is 2.34. The van der Waals surface area contributed by atoms with Crippen molar-refractivity contribution in [2.75, 3.05) is 7.11 Å². The molecular weight excluding hydrogens is 216 g/mol. The molecular formula is C13H20N2O2. The summed E-state index contributed by atoms with van der Waals surface area (Å²) in [5.74, 6) is 0.994. The van der Waals surface area contributed by atoms with E-state index in [2.05, 4.69) is 0 Å². The summed E-state index contributed by atoms with van der Waals surface area (Å²) < 4.78 is 10.9. The molecule has 4 nitrogen and oxygen atoms in total. The van der Waals surface area contributed by atoms with E-state index in [4.69, 9.17) is 20.6 Å². The molecule has 0 aliphatic carbocycles. The van der Waals surface area contributed by atoms with Gasteiger partial charge in [-0.25, -0.2) is 0 Å². The van der Waals surface area contributed by atoms with E-state index in [1.54, 1.807) is 7.11 Å². The summed E-state index contributed by atoms with van der Waals surface area (Å²) in [6.07, 6.45) is 1.35. The van der Waals surface area contributed by atoms with Crippen LogP contribution in [-0.4, -0.2) is 19.0 Å². The van der Waals surface area contributed by atoms with Gasteiger partial charge in [0.25, 0.3) is 0 Å². The smallest absolute Gasteiger partial charge is 0.119 e. The molecule has 0 aliphatic heterocycles. The zero-order valence-electron chi connectivity index (χ0n) is 10.4. The molecule has 0 fully saturated rings. The number of ether oxygens (including phenoxy) is 2. The Balaban J connectivity index is 2.50. The van der Waals surface area contributed by atoms with Gasteiger partial charge in [-0.05, 0) is 24.1 Å². The lowest BCUT2D eigenvalue weighted by molar-refractivity contribution is 0.0427. The van der Waals surface area contributed by atoms with E-state index in [1.165, 1.54) is 0 Å². The second kappa shape index (κ2) is 6.91. The SMILES string of the molecule is CCC(CC(=N)N)OCc1cccc(OC)c1. The minimum Gasteiger partial charge on any atom is -0.497 e. The van der Waals surface area contributed by atoms with Crippen LogP contribution in [0.1, 0.15) is 25.3 Å². The molecule has 1 atom stereocenters. The number of hydrogen-bond donors (Lipinski definition) is 2. The molecule has 0 bridgehead atoms. The lowest BCUT2D eigenvalue weighted by Gasteiger charge is -2.15. The molecule has 4 heteroatoms. The highest BCUT2D eigenvalue weighted by Gasteiger charge is 2.08. The monoisotopic (exact) mass is 236 g/mol. The van der Waals surface area contributed by atoms with Crippen LogP contribution in [0.3, 0.4) is 0 Å². The summed E-state index contributed by atoms with van der Waals surface area (Å²) in [6, 6.07) is 7.77. The van der Waals surface area contributed by atoms with Crippen LogP contribution in [0, 0.1) is 5.41 Å². The van der Waals surface area contributed by atoms with Crippen LogP contribution >= 0.6 is 0 Å². The lowest BCUT2D eigenvalue weighted by Crippen LogP contribution is -2.21. The first kappa shape index (κ1) is 13.5. The Morgan fingerprint density at radius 1 is 1.47 bits per heavy atom. The van der Waals surface area contributed by atoms with Gasteiger partial charge in [0.05, 0.1) is 25.7 Å². The van der Waals surface area contributed by atoms with E-state index >= 15 is 0 Å². The van der Waals surface area contributed by atoms with Crippen LogP contribution in [0.25, 0.3) is 0 Å². The first-order valence-corrected chi connectivity index (χ1v) is 5.73. The van der Waals surface area contributed by atoms with Crippen molar-refractivity contribution >= 4 is 5.84 Å². The highest BCUT2D eigenvalue weighted by Crippen LogP contribution is 2.15. The molecule has 1 unspecified atom stereocenters. The number of amidine groups is 1. The maximum atomic E-state index is 7.25. The van der Waals surface area contributed by atoms with Gasteiger partial charge < -0.3 is 15.2 Å². The highest BCUT2D eigenvalue weighted by atomic mass is 16.5. The fraction of sp³-hybridized carbons (Fsp3) is 0.462. The first-order chi connectivity index (χ1) is 8.15. The van der Waals surface area contributed by atoms with Crippen molar-refractivity contribution in [3.05, 3.63) is 29.8 Å². The molecule has 0 saturated heterocycles. The maximum absolute atomic E-state index is 7.25. The predicted octanol–water partition coefficient (Wildman–Crippen LogP) is 2.32. The number of nitrogens with one attached hydrogen (secondary N) is 1. The third-order valence-corrected chi connectivity index (χ3v) is 2.52. The van der Waals surface area contributed by atoms with E-state index in [0.717, 1.165) is 17.7 Å². The molecule has 94 valence electrons. The maximum Gasteiger partial charge on any atom is 0.119 e. The van der Waals surface area contributed by atoms with E-state index in [1.807, 2.05) is 31.2 Å². The quantitative estimate of drug-likeness (QED) is 0.564. The Labute approximate surface area is 102 Å². The van der Waals surface area contributed by atoms with Crippen molar-refractivity contribution in [2.45, 2.75) is 32.5 Å². The number of benzene rings is 1. The largest absolute Gasteiger partial charge is 0.497 e. The van der Waals surface area contributed by atoms with Crippen molar-refractivity contribution in [3.63, 3.8) is 0 Å². The van der Waals surface area contributed by atoms with Gasteiger partial charge in [0.2, 0.25) is 0 Å². The molecule has 1 aromatic carbocycles. The molecule has 0 heterocycles. The molecule has 17 heavy (non-hydrogen) atoms. The molecule has 0 aromatic heterocycles. The fourth-order valence-electron chi connectivity index (χ4n) is 1.54. The molecule has 1 rings (SSSR count). The Morgan fingerprint density at radius 2 is 2.24 bits per heavy atom. The molecule has 1 aromatic rings. The lowest BCUT2D eigenvalue weighted by atomic mass is 10.2. The zero-order chi connectivity index (χ0) is 12.7. The van der Waals surface area contributed by atoms with E-state index in [9.17, 15) is 0 Å². The van der Waals surface area contributed by atoms with Crippen molar-refractivity contribution in [2.24, 2.45) is 5.73 Å². The average molecular weight is 236 g/mol. The molecule has 0 amide bonds. The molecule has 0 saturated carbocycles. The third-order valence-electron chi connectivity index (χ3n) is 2.52. The van der Waals surface area contributed by atoms with Crippen LogP contribution < -0.4 is 10.5 Å². The van der Waals surface area contributed by atoms with Gasteiger partial charge >= 0.3 is 0 Å². The number of hydrogen-bond acceptors (Lipinski definition) is 3. The van der Waals surface area contributed by atoms with E-state index in [0.29, 0.717) is 13.0 Å². The van der Waals surface area contributed by atoms with Crippen LogP contribution in [0.2, 0.25) is 0 Å². The zero-order valence-corrected chi connectivity index (χ0v) is 10.4. The summed E-state index contributed by atoms with van der Waals surface area (Å²) >= 11 is 0. The van der Waals surface area contributed by atoms with Crippen molar-refractivity contribution < 1.29 is 9.47 Å². The van der Waals surface area contributed by atoms with Gasteiger partial charge in [-0.1, -0.05) is 19.1 Å². The number of rotatable bonds is 7. The van der Waals surface area contributed by atoms with Crippen molar-refractivity contribution in [1.29, 1.82) is 5.41 Å². The predicted molar refractivity (Wildman–Crippen MR) is 68.4 cm³/mol. The molecule has 0 radical (unpaired) electrons. The normalized spacial score (nSPS) is 12.1. The van der Waals surface area contributed by atoms with Gasteiger partial charge in [-0.15, -0.1) is 0 Å². The van der Waals surface area contributed by atoms with Gasteiger partial charge in [-0.3, -0.25) is 5.41 Å². The first-order valence-electron chi connectivity index (χ1n) is 5.73. The van der Waals surface area contributed by atoms with Crippen LogP contribution in [-0.2, 0) is 11.3 Å². The molecule has 0 aliphatic rings. The molecule has 3 N–H and O–H groups in total. The van der Waals surface area contributed by atoms with E-state index in [-0.39, 0.29) is 11.9 Å². The van der Waals surface area contributed by atoms with E-state index < -0.39 is 0 Å². The summed E-state index contributed by atoms with van der Waals surface area (Å²) in [6.45, 7) is 2.54. The second-order valence-electron chi connectivity index (χ2n) is 3.92. The third kappa shape index (κ3) is 4.87. The minimum absolute atomic E-state index is 0.0127. The standard InChI is InChI=1S/C13H20N2O2/c1-3-11(8-13(14)15)17-9-10-5-4-6-12(7-10)16-2/h4-7,11H,3,8-9H2,1-2H3,(H3,14,15). The molecule has 0 spiro atoms. The summed E-state index contributed by atoms with van der Waals surface area (Å²) in [5.41, 5.74) is 6.43. The van der Waals surface area contributed by atoms with Gasteiger partial charge in [0, 0.05) is 6.42 Å². The second-order valence-corrected chi connectivity index (χ2v) is 3.92. The van der Waals surface area contributed by atoms with Gasteiger partial charge in [-0.2, -0.15) is 0 Å². The Bertz CT molecular complexity index is 366. The number of methoxy groups -OCH3 is 1. The number of nitrogens with two attached hydrogens (primary N) is 1. The van der Waals surface area contributed by atoms with Gasteiger partial charge in [0.15, 0.2) is 0 Å². The van der Waals surface area contributed by atoms with Crippen LogP contribution in [0.5, 0.6) is 5.75 Å². The summed E-state index contributed by atoms with van der Waals surface area (Å²) in [4.78, 5) is 0. The van der Waals surface area contributed by atoms with Gasteiger partial charge in [0.1, 0.15) is 5.75 Å². The summed E-state index contributed by atoms with van der Waals surface area (Å²) in [7, 11) is 1.64.